The number of alkyl halides is 3. The molecule has 0 bridgehead atoms. The van der Waals surface area contributed by atoms with Gasteiger partial charge in [0.1, 0.15) is 38.0 Å². The van der Waals surface area contributed by atoms with Crippen LogP contribution in [0.15, 0.2) is 84.9 Å². The first-order chi connectivity index (χ1) is 17.8. The van der Waals surface area contributed by atoms with Crippen LogP contribution in [0.25, 0.3) is 0 Å². The van der Waals surface area contributed by atoms with Crippen molar-refractivity contribution in [1.82, 2.24) is 0 Å². The molecule has 0 radical (unpaired) electrons. The van der Waals surface area contributed by atoms with E-state index in [9.17, 15) is 18.4 Å². The Morgan fingerprint density at radius 3 is 1.89 bits per heavy atom. The van der Waals surface area contributed by atoms with Crippen LogP contribution < -0.4 is 19.4 Å². The summed E-state index contributed by atoms with van der Waals surface area (Å²) in [4.78, 5) is 29.8. The predicted octanol–water partition coefficient (Wildman–Crippen LogP) is 2.06. The maximum Gasteiger partial charge on any atom is 0.487 e. The molecule has 0 aliphatic carbocycles. The van der Waals surface area contributed by atoms with E-state index in [1.165, 1.54) is 40.3 Å². The van der Waals surface area contributed by atoms with Crippen LogP contribution in [0.2, 0.25) is 0 Å². The van der Waals surface area contributed by atoms with Gasteiger partial charge in [0.05, 0.1) is 12.1 Å². The molecule has 2 saturated heterocycles. The lowest BCUT2D eigenvalue weighted by Crippen LogP contribution is -3.30. The summed E-state index contributed by atoms with van der Waals surface area (Å²) in [5, 5.41) is 0. The van der Waals surface area contributed by atoms with Crippen molar-refractivity contribution in [3.05, 3.63) is 96.1 Å². The van der Waals surface area contributed by atoms with Crippen molar-refractivity contribution < 1.29 is 32.9 Å². The Bertz CT molecular complexity index is 1190. The first kappa shape index (κ1) is 25.3. The number of benzene rings is 3. The highest BCUT2D eigenvalue weighted by molar-refractivity contribution is 6.22. The van der Waals surface area contributed by atoms with E-state index in [1.807, 2.05) is 12.1 Å². The molecule has 0 unspecified atom stereocenters. The minimum atomic E-state index is -3.83. The van der Waals surface area contributed by atoms with Gasteiger partial charge in [0, 0.05) is 22.7 Å². The maximum atomic E-state index is 13.3. The number of halogens is 3. The smallest absolute Gasteiger partial charge is 0.420 e. The molecule has 6 nitrogen and oxygen atoms in total. The first-order valence-corrected chi connectivity index (χ1v) is 12.7. The third-order valence-electron chi connectivity index (χ3n) is 7.18. The van der Waals surface area contributed by atoms with Crippen molar-refractivity contribution in [3.63, 3.8) is 0 Å². The zero-order valence-electron chi connectivity index (χ0n) is 20.1. The van der Waals surface area contributed by atoms with Gasteiger partial charge >= 0.3 is 5.57 Å². The largest absolute Gasteiger partial charge is 0.487 e. The van der Waals surface area contributed by atoms with Gasteiger partial charge in [-0.2, -0.15) is 0 Å². The quantitative estimate of drug-likeness (QED) is 0.365. The summed E-state index contributed by atoms with van der Waals surface area (Å²) in [6, 6.07) is 26.0. The lowest BCUT2D eigenvalue weighted by molar-refractivity contribution is -1.03. The van der Waals surface area contributed by atoms with E-state index in [0.29, 0.717) is 5.69 Å². The van der Waals surface area contributed by atoms with Gasteiger partial charge < -0.3 is 14.5 Å². The summed E-state index contributed by atoms with van der Waals surface area (Å²) < 4.78 is 30.1. The number of amides is 2. The van der Waals surface area contributed by atoms with Crippen molar-refractivity contribution in [2.75, 3.05) is 31.1 Å². The van der Waals surface area contributed by atoms with Gasteiger partial charge in [-0.15, -0.1) is 8.78 Å². The molecule has 5 rings (SSSR count). The third-order valence-corrected chi connectivity index (χ3v) is 7.25. The van der Waals surface area contributed by atoms with Gasteiger partial charge in [0.2, 0.25) is 5.91 Å². The third kappa shape index (κ3) is 5.66. The van der Waals surface area contributed by atoms with Gasteiger partial charge in [-0.3, -0.25) is 9.59 Å². The molecule has 2 heterocycles. The topological polar surface area (TPSA) is 55.5 Å². The summed E-state index contributed by atoms with van der Waals surface area (Å²) in [5.41, 5.74) is -0.992. The van der Waals surface area contributed by atoms with Crippen LogP contribution in [-0.4, -0.2) is 49.6 Å². The second-order valence-electron chi connectivity index (χ2n) is 9.44. The second-order valence-corrected chi connectivity index (χ2v) is 9.88. The van der Waals surface area contributed by atoms with Crippen LogP contribution in [-0.2, 0) is 9.59 Å². The molecule has 2 N–H and O–H groups in total. The summed E-state index contributed by atoms with van der Waals surface area (Å²) in [6.45, 7) is 3.25. The number of ether oxygens (including phenoxy) is 1. The average Bonchev–Trinajstić information content (AvgIpc) is 3.19. The van der Waals surface area contributed by atoms with Crippen molar-refractivity contribution >= 4 is 29.1 Å². The van der Waals surface area contributed by atoms with Crippen LogP contribution >= 0.6 is 11.6 Å². The van der Waals surface area contributed by atoms with Gasteiger partial charge in [-0.05, 0) is 24.3 Å². The second kappa shape index (κ2) is 10.6. The van der Waals surface area contributed by atoms with Crippen LogP contribution in [0, 0.1) is 0 Å². The summed E-state index contributed by atoms with van der Waals surface area (Å²) in [7, 11) is 0. The number of hydrogen-bond donors (Lipinski definition) is 2. The van der Waals surface area contributed by atoms with Crippen molar-refractivity contribution in [2.24, 2.45) is 0 Å². The number of nitrogens with one attached hydrogen (secondary N) is 2. The van der Waals surface area contributed by atoms with E-state index in [0.717, 1.165) is 36.0 Å². The molecule has 0 spiro atoms. The number of imide groups is 1. The number of rotatable bonds is 7. The van der Waals surface area contributed by atoms with Gasteiger partial charge in [-0.1, -0.05) is 60.7 Å². The highest BCUT2D eigenvalue weighted by atomic mass is 35.5. The Kier molecular flexibility index (Phi) is 7.24. The number of carbonyl (C=O) groups excluding carboxylic acids is 2. The highest BCUT2D eigenvalue weighted by Gasteiger charge is 2.47. The normalized spacial score (nSPS) is 22.5. The number of nitrogens with zero attached hydrogens (tertiary/aromatic N) is 1. The van der Waals surface area contributed by atoms with Gasteiger partial charge in [-0.25, -0.2) is 4.90 Å². The molecular formula is C28H28ClF2N3O3+2. The zero-order chi connectivity index (χ0) is 26.0. The van der Waals surface area contributed by atoms with E-state index >= 15 is 0 Å². The Balaban J connectivity index is 1.27. The number of hydrogen-bond acceptors (Lipinski definition) is 3. The number of carbonyl (C=O) groups is 2. The molecule has 0 aromatic heterocycles. The maximum absolute atomic E-state index is 13.3. The summed E-state index contributed by atoms with van der Waals surface area (Å²) in [6.07, 6.45) is 0.127. The predicted molar refractivity (Wildman–Crippen MR) is 135 cm³/mol. The summed E-state index contributed by atoms with van der Waals surface area (Å²) >= 11 is 4.81. The fourth-order valence-electron chi connectivity index (χ4n) is 5.50. The molecule has 192 valence electrons. The molecule has 2 amide bonds. The molecule has 9 heteroatoms. The van der Waals surface area contributed by atoms with E-state index in [-0.39, 0.29) is 30.0 Å². The minimum Gasteiger partial charge on any atom is -0.420 e. The fraction of sp³-hybridized carbons (Fsp3) is 0.286. The molecule has 2 aliphatic heterocycles. The molecular weight excluding hydrogens is 500 g/mol. The van der Waals surface area contributed by atoms with Crippen LogP contribution in [0.3, 0.4) is 0 Å². The number of anilines is 1. The Hall–Kier alpha value is -3.33. The zero-order valence-corrected chi connectivity index (χ0v) is 20.8. The molecule has 0 saturated carbocycles. The van der Waals surface area contributed by atoms with Gasteiger partial charge in [0.15, 0.2) is 6.04 Å². The fourth-order valence-corrected chi connectivity index (χ4v) is 5.59. The van der Waals surface area contributed by atoms with E-state index in [4.69, 9.17) is 11.6 Å². The molecule has 3 aromatic carbocycles. The van der Waals surface area contributed by atoms with Crippen LogP contribution in [0.4, 0.5) is 14.5 Å². The standard InChI is InChI=1S/C28H26ClF2N3O3/c29-28(30,31)37-23-13-11-22(12-14-23)34-25(35)19-24(27(34)36)32-15-17-33(18-16-32)26(20-7-3-1-4-8-20)21-9-5-2-6-10-21/h1-14,24,26H,15-19H2/p+2/t24-/m0/s1. The first-order valence-electron chi connectivity index (χ1n) is 12.3. The van der Waals surface area contributed by atoms with Crippen LogP contribution in [0.1, 0.15) is 23.6 Å². The molecule has 37 heavy (non-hydrogen) atoms. The van der Waals surface area contributed by atoms with Crippen molar-refractivity contribution in [3.8, 4) is 5.75 Å². The Labute approximate surface area is 219 Å². The van der Waals surface area contributed by atoms with E-state index < -0.39 is 11.6 Å². The average molecular weight is 528 g/mol. The molecule has 2 fully saturated rings. The molecule has 2 aliphatic rings. The lowest BCUT2D eigenvalue weighted by atomic mass is 9.96. The Morgan fingerprint density at radius 1 is 0.838 bits per heavy atom. The van der Waals surface area contributed by atoms with Crippen molar-refractivity contribution in [2.45, 2.75) is 24.1 Å². The molecule has 3 aromatic rings. The van der Waals surface area contributed by atoms with Crippen molar-refractivity contribution in [1.29, 1.82) is 0 Å². The molecule has 1 atom stereocenters. The highest BCUT2D eigenvalue weighted by Crippen LogP contribution is 2.29. The Morgan fingerprint density at radius 2 is 1.38 bits per heavy atom. The SMILES string of the molecule is O=C1C[C@H]([NH+]2CC[NH+](C(c3ccccc3)c3ccccc3)CC2)C(=O)N1c1ccc(OC(F)(F)Cl)cc1. The monoisotopic (exact) mass is 527 g/mol. The van der Waals surface area contributed by atoms with Gasteiger partial charge in [0.25, 0.3) is 5.91 Å². The minimum absolute atomic E-state index is 0.127. The van der Waals surface area contributed by atoms with E-state index in [2.05, 4.69) is 53.3 Å². The number of quaternary nitrogens is 2. The van der Waals surface area contributed by atoms with E-state index in [1.54, 1.807) is 0 Å². The number of piperazine rings is 1. The summed E-state index contributed by atoms with van der Waals surface area (Å²) in [5.74, 6) is -0.710. The van der Waals surface area contributed by atoms with Crippen LogP contribution in [0.5, 0.6) is 5.75 Å². The lowest BCUT2D eigenvalue weighted by Gasteiger charge is -2.36.